The molecule has 1 aliphatic heterocycles. The summed E-state index contributed by atoms with van der Waals surface area (Å²) >= 11 is 0. The van der Waals surface area contributed by atoms with Crippen molar-refractivity contribution < 1.29 is 19.2 Å². The Morgan fingerprint density at radius 2 is 1.79 bits per heavy atom. The van der Waals surface area contributed by atoms with Gasteiger partial charge in [0.25, 0.3) is 11.8 Å². The van der Waals surface area contributed by atoms with E-state index in [1.807, 2.05) is 0 Å². The van der Waals surface area contributed by atoms with Crippen LogP contribution in [0.25, 0.3) is 11.5 Å². The number of aromatic nitrogens is 2. The average Bonchev–Trinajstić information content (AvgIpc) is 3.40. The van der Waals surface area contributed by atoms with Gasteiger partial charge in [0, 0.05) is 24.2 Å². The molecule has 0 unspecified atom stereocenters. The summed E-state index contributed by atoms with van der Waals surface area (Å²) in [6, 6.07) is 7.11. The maximum absolute atomic E-state index is 12.9. The first-order chi connectivity index (χ1) is 13.5. The van der Waals surface area contributed by atoms with Gasteiger partial charge in [-0.05, 0) is 62.8 Å². The molecular formula is C21H25N3O4. The van der Waals surface area contributed by atoms with Gasteiger partial charge in [-0.2, -0.15) is 4.98 Å². The lowest BCUT2D eigenvalue weighted by atomic mass is 9.68. The van der Waals surface area contributed by atoms with E-state index >= 15 is 0 Å². The maximum Gasteiger partial charge on any atom is 0.310 e. The first kappa shape index (κ1) is 18.7. The second-order valence-corrected chi connectivity index (χ2v) is 7.96. The van der Waals surface area contributed by atoms with E-state index < -0.39 is 11.4 Å². The van der Waals surface area contributed by atoms with Crippen LogP contribution >= 0.6 is 0 Å². The number of hydrogen-bond donors (Lipinski definition) is 1. The van der Waals surface area contributed by atoms with Gasteiger partial charge in [0.1, 0.15) is 0 Å². The molecule has 1 N–H and O–H groups in total. The highest BCUT2D eigenvalue weighted by atomic mass is 16.5. The van der Waals surface area contributed by atoms with E-state index in [9.17, 15) is 14.7 Å². The van der Waals surface area contributed by atoms with Crippen LogP contribution in [0.3, 0.4) is 0 Å². The molecule has 1 amide bonds. The maximum atomic E-state index is 12.9. The molecule has 7 heteroatoms. The number of likely N-dealkylation sites (tertiary alicyclic amines) is 1. The van der Waals surface area contributed by atoms with Crippen molar-refractivity contribution in [3.63, 3.8) is 0 Å². The van der Waals surface area contributed by atoms with Gasteiger partial charge >= 0.3 is 5.97 Å². The summed E-state index contributed by atoms with van der Waals surface area (Å²) in [6.45, 7) is 2.74. The third-order valence-corrected chi connectivity index (χ3v) is 6.41. The zero-order valence-corrected chi connectivity index (χ0v) is 16.1. The molecule has 0 bridgehead atoms. The van der Waals surface area contributed by atoms with Crippen molar-refractivity contribution in [2.24, 2.45) is 11.3 Å². The smallest absolute Gasteiger partial charge is 0.310 e. The van der Waals surface area contributed by atoms with Crippen molar-refractivity contribution in [2.75, 3.05) is 13.1 Å². The monoisotopic (exact) mass is 383 g/mol. The van der Waals surface area contributed by atoms with Crippen LogP contribution in [-0.2, 0) is 4.79 Å². The minimum atomic E-state index is -0.689. The molecular weight excluding hydrogens is 358 g/mol. The summed E-state index contributed by atoms with van der Waals surface area (Å²) in [7, 11) is 0. The van der Waals surface area contributed by atoms with Crippen LogP contribution in [0.2, 0.25) is 0 Å². The number of carbonyl (C=O) groups excluding carboxylic acids is 1. The lowest BCUT2D eigenvalue weighted by Crippen LogP contribution is -2.49. The largest absolute Gasteiger partial charge is 0.481 e. The summed E-state index contributed by atoms with van der Waals surface area (Å²) in [6.07, 6.45) is 5.31. The Morgan fingerprint density at radius 3 is 2.32 bits per heavy atom. The Kier molecular flexibility index (Phi) is 4.91. The predicted octanol–water partition coefficient (Wildman–Crippen LogP) is 3.54. The van der Waals surface area contributed by atoms with Crippen LogP contribution in [0.4, 0.5) is 0 Å². The van der Waals surface area contributed by atoms with E-state index in [2.05, 4.69) is 10.1 Å². The molecule has 1 aromatic heterocycles. The normalized spacial score (nSPS) is 19.7. The van der Waals surface area contributed by atoms with Crippen LogP contribution < -0.4 is 0 Å². The number of nitrogens with zero attached hydrogens (tertiary/aromatic N) is 3. The molecule has 1 aliphatic carbocycles. The fourth-order valence-corrected chi connectivity index (χ4v) is 4.74. The van der Waals surface area contributed by atoms with Gasteiger partial charge < -0.3 is 14.5 Å². The van der Waals surface area contributed by atoms with Crippen LogP contribution in [0.15, 0.2) is 28.8 Å². The highest BCUT2D eigenvalue weighted by Gasteiger charge is 2.48. The number of carbonyl (C=O) groups is 2. The Hall–Kier alpha value is -2.70. The molecule has 4 rings (SSSR count). The first-order valence-electron chi connectivity index (χ1n) is 9.93. The highest BCUT2D eigenvalue weighted by molar-refractivity contribution is 5.94. The summed E-state index contributed by atoms with van der Waals surface area (Å²) < 4.78 is 5.15. The first-order valence-corrected chi connectivity index (χ1v) is 9.93. The molecule has 2 aliphatic rings. The molecule has 148 valence electrons. The van der Waals surface area contributed by atoms with Crippen molar-refractivity contribution in [3.05, 3.63) is 35.7 Å². The van der Waals surface area contributed by atoms with Crippen molar-refractivity contribution >= 4 is 11.9 Å². The van der Waals surface area contributed by atoms with E-state index in [1.165, 1.54) is 0 Å². The lowest BCUT2D eigenvalue weighted by molar-refractivity contribution is -0.156. The standard InChI is InChI=1S/C21H25N3O4/c1-14-22-18(28-23-14)15-6-8-16(9-7-15)19(25)24-12-10-21(11-13-24,20(26)27)17-4-2-3-5-17/h6-9,17H,2-5,10-13H2,1H3,(H,26,27). The number of amides is 1. The van der Waals surface area contributed by atoms with Crippen molar-refractivity contribution in [1.82, 2.24) is 15.0 Å². The van der Waals surface area contributed by atoms with Gasteiger partial charge in [-0.1, -0.05) is 18.0 Å². The summed E-state index contributed by atoms with van der Waals surface area (Å²) in [5.41, 5.74) is 0.693. The van der Waals surface area contributed by atoms with Crippen molar-refractivity contribution in [2.45, 2.75) is 45.4 Å². The number of carboxylic acid groups (broad SMARTS) is 1. The third-order valence-electron chi connectivity index (χ3n) is 6.41. The third kappa shape index (κ3) is 3.30. The fourth-order valence-electron chi connectivity index (χ4n) is 4.74. The molecule has 0 atom stereocenters. The molecule has 2 aromatic rings. The number of aryl methyl sites for hydroxylation is 1. The number of rotatable bonds is 4. The zero-order chi connectivity index (χ0) is 19.7. The Bertz CT molecular complexity index is 860. The predicted molar refractivity (Wildman–Crippen MR) is 102 cm³/mol. The van der Waals surface area contributed by atoms with E-state index in [0.29, 0.717) is 43.2 Å². The van der Waals surface area contributed by atoms with E-state index in [1.54, 1.807) is 36.1 Å². The molecule has 2 fully saturated rings. The number of carboxylic acids is 1. The van der Waals surface area contributed by atoms with Crippen molar-refractivity contribution in [3.8, 4) is 11.5 Å². The topological polar surface area (TPSA) is 96.5 Å². The summed E-state index contributed by atoms with van der Waals surface area (Å²) in [4.78, 5) is 30.9. The van der Waals surface area contributed by atoms with Crippen molar-refractivity contribution in [1.29, 1.82) is 0 Å². The summed E-state index contributed by atoms with van der Waals surface area (Å²) in [5, 5.41) is 13.7. The SMILES string of the molecule is Cc1noc(-c2ccc(C(=O)N3CCC(C(=O)O)(C4CCCC4)CC3)cc2)n1. The second kappa shape index (κ2) is 7.37. The minimum Gasteiger partial charge on any atom is -0.481 e. The molecule has 2 heterocycles. The molecule has 1 saturated carbocycles. The molecule has 0 radical (unpaired) electrons. The zero-order valence-electron chi connectivity index (χ0n) is 16.1. The van der Waals surface area contributed by atoms with Crippen LogP contribution in [0.5, 0.6) is 0 Å². The fraction of sp³-hybridized carbons (Fsp3) is 0.524. The van der Waals surface area contributed by atoms with Gasteiger partial charge in [0.05, 0.1) is 5.41 Å². The molecule has 28 heavy (non-hydrogen) atoms. The van der Waals surface area contributed by atoms with E-state index in [-0.39, 0.29) is 11.8 Å². The summed E-state index contributed by atoms with van der Waals surface area (Å²) in [5.74, 6) is 0.494. The average molecular weight is 383 g/mol. The van der Waals surface area contributed by atoms with Crippen LogP contribution in [0, 0.1) is 18.3 Å². The second-order valence-electron chi connectivity index (χ2n) is 7.96. The number of benzene rings is 1. The Balaban J connectivity index is 1.44. The van der Waals surface area contributed by atoms with Gasteiger partial charge in [-0.3, -0.25) is 9.59 Å². The number of aliphatic carboxylic acids is 1. The lowest BCUT2D eigenvalue weighted by Gasteiger charge is -2.42. The minimum absolute atomic E-state index is 0.0568. The Morgan fingerprint density at radius 1 is 1.14 bits per heavy atom. The van der Waals surface area contributed by atoms with Gasteiger partial charge in [-0.25, -0.2) is 0 Å². The van der Waals surface area contributed by atoms with Gasteiger partial charge in [0.15, 0.2) is 5.82 Å². The molecule has 0 spiro atoms. The Labute approximate surface area is 163 Å². The van der Waals surface area contributed by atoms with Crippen LogP contribution in [0.1, 0.15) is 54.7 Å². The number of piperidine rings is 1. The molecule has 7 nitrogen and oxygen atoms in total. The van der Waals surface area contributed by atoms with E-state index in [4.69, 9.17) is 4.52 Å². The van der Waals surface area contributed by atoms with Gasteiger partial charge in [0.2, 0.25) is 0 Å². The van der Waals surface area contributed by atoms with Crippen LogP contribution in [-0.4, -0.2) is 45.1 Å². The highest BCUT2D eigenvalue weighted by Crippen LogP contribution is 2.47. The molecule has 1 aromatic carbocycles. The van der Waals surface area contributed by atoms with Gasteiger partial charge in [-0.15, -0.1) is 0 Å². The molecule has 1 saturated heterocycles. The number of hydrogen-bond acceptors (Lipinski definition) is 5. The quantitative estimate of drug-likeness (QED) is 0.867. The van der Waals surface area contributed by atoms with E-state index in [0.717, 1.165) is 31.2 Å².